The molecule has 0 spiro atoms. The van der Waals surface area contributed by atoms with Crippen molar-refractivity contribution in [1.82, 2.24) is 4.57 Å². The zero-order chi connectivity index (χ0) is 15.1. The lowest BCUT2D eigenvalue weighted by molar-refractivity contribution is 0.477. The monoisotopic (exact) mass is 291 g/mol. The molecular weight excluding hydrogens is 278 g/mol. The number of aromatic nitrogens is 1. The fourth-order valence-corrected chi connectivity index (χ4v) is 2.77. The van der Waals surface area contributed by atoms with E-state index in [9.17, 15) is 9.90 Å². The average Bonchev–Trinajstić information content (AvgIpc) is 2.84. The lowest BCUT2D eigenvalue weighted by Gasteiger charge is -2.05. The molecule has 4 aromatic rings. The number of benzene rings is 3. The molecule has 0 bridgehead atoms. The maximum atomic E-state index is 12.0. The van der Waals surface area contributed by atoms with Crippen LogP contribution in [0.3, 0.4) is 0 Å². The first kappa shape index (κ1) is 12.7. The molecule has 0 aliphatic heterocycles. The quantitative estimate of drug-likeness (QED) is 0.615. The van der Waals surface area contributed by atoms with Crippen LogP contribution >= 0.6 is 0 Å². The predicted octanol–water partition coefficient (Wildman–Crippen LogP) is 3.50. The van der Waals surface area contributed by atoms with Crippen LogP contribution in [-0.4, -0.2) is 9.67 Å². The summed E-state index contributed by atoms with van der Waals surface area (Å²) in [5, 5.41) is 12.3. The number of hydrogen-bond donors (Lipinski definition) is 1. The number of para-hydroxylation sites is 1. The fraction of sp³-hybridized carbons (Fsp3) is 0.0556. The van der Waals surface area contributed by atoms with Gasteiger partial charge in [-0.3, -0.25) is 4.57 Å². The number of phenolic OH excluding ortho intramolecular Hbond substituents is 1. The summed E-state index contributed by atoms with van der Waals surface area (Å²) in [5.74, 6) is -0.422. The van der Waals surface area contributed by atoms with Crippen LogP contribution in [0.1, 0.15) is 5.56 Å². The molecule has 1 heterocycles. The van der Waals surface area contributed by atoms with Gasteiger partial charge < -0.3 is 9.52 Å². The first-order valence-corrected chi connectivity index (χ1v) is 7.01. The van der Waals surface area contributed by atoms with Crippen molar-refractivity contribution >= 4 is 21.9 Å². The maximum Gasteiger partial charge on any atom is 0.420 e. The first-order valence-electron chi connectivity index (χ1n) is 7.01. The van der Waals surface area contributed by atoms with Crippen molar-refractivity contribution in [3.8, 4) is 5.75 Å². The van der Waals surface area contributed by atoms with Gasteiger partial charge in [-0.05, 0) is 34.5 Å². The summed E-state index contributed by atoms with van der Waals surface area (Å²) in [4.78, 5) is 12.0. The Labute approximate surface area is 125 Å². The van der Waals surface area contributed by atoms with Gasteiger partial charge in [-0.25, -0.2) is 4.79 Å². The van der Waals surface area contributed by atoms with Crippen molar-refractivity contribution in [3.05, 3.63) is 76.8 Å². The smallest absolute Gasteiger partial charge is 0.420 e. The molecule has 4 nitrogen and oxygen atoms in total. The largest absolute Gasteiger partial charge is 0.506 e. The summed E-state index contributed by atoms with van der Waals surface area (Å²) in [5.41, 5.74) is 1.80. The Morgan fingerprint density at radius 1 is 0.955 bits per heavy atom. The SMILES string of the molecule is O=c1oc2cccc(O)c2n1Cc1ccc2ccccc2c1. The number of hydrogen-bond acceptors (Lipinski definition) is 3. The lowest BCUT2D eigenvalue weighted by atomic mass is 10.1. The van der Waals surface area contributed by atoms with Crippen LogP contribution in [0.5, 0.6) is 5.75 Å². The van der Waals surface area contributed by atoms with E-state index in [1.807, 2.05) is 42.5 Å². The molecule has 0 aliphatic rings. The van der Waals surface area contributed by atoms with Gasteiger partial charge in [0, 0.05) is 0 Å². The third-order valence-electron chi connectivity index (χ3n) is 3.82. The van der Waals surface area contributed by atoms with E-state index in [-0.39, 0.29) is 5.75 Å². The number of phenols is 1. The summed E-state index contributed by atoms with van der Waals surface area (Å²) in [6, 6.07) is 19.0. The minimum absolute atomic E-state index is 0.0455. The molecule has 0 atom stereocenters. The Bertz CT molecular complexity index is 1040. The summed E-state index contributed by atoms with van der Waals surface area (Å²) < 4.78 is 6.64. The highest BCUT2D eigenvalue weighted by Gasteiger charge is 2.13. The summed E-state index contributed by atoms with van der Waals surface area (Å²) in [7, 11) is 0. The van der Waals surface area contributed by atoms with E-state index in [4.69, 9.17) is 4.42 Å². The topological polar surface area (TPSA) is 55.4 Å². The summed E-state index contributed by atoms with van der Waals surface area (Å²) >= 11 is 0. The van der Waals surface area contributed by atoms with Gasteiger partial charge in [0.25, 0.3) is 0 Å². The van der Waals surface area contributed by atoms with Crippen LogP contribution in [0.15, 0.2) is 69.9 Å². The molecule has 0 unspecified atom stereocenters. The Kier molecular flexibility index (Phi) is 2.76. The van der Waals surface area contributed by atoms with E-state index >= 15 is 0 Å². The third-order valence-corrected chi connectivity index (χ3v) is 3.82. The molecule has 0 fully saturated rings. The van der Waals surface area contributed by atoms with Crippen molar-refractivity contribution in [1.29, 1.82) is 0 Å². The van der Waals surface area contributed by atoms with Crippen molar-refractivity contribution in [3.63, 3.8) is 0 Å². The van der Waals surface area contributed by atoms with E-state index in [0.717, 1.165) is 16.3 Å². The third kappa shape index (κ3) is 1.97. The molecule has 0 saturated heterocycles. The standard InChI is InChI=1S/C18H13NO3/c20-15-6-3-7-16-17(15)19(18(21)22-16)11-12-8-9-13-4-1-2-5-14(13)10-12/h1-10,20H,11H2. The Morgan fingerprint density at radius 3 is 2.64 bits per heavy atom. The van der Waals surface area contributed by atoms with E-state index in [1.54, 1.807) is 18.2 Å². The molecule has 3 aromatic carbocycles. The van der Waals surface area contributed by atoms with Gasteiger partial charge in [0.05, 0.1) is 6.54 Å². The van der Waals surface area contributed by atoms with Crippen LogP contribution in [0.2, 0.25) is 0 Å². The number of oxazole rings is 1. The van der Waals surface area contributed by atoms with E-state index in [1.165, 1.54) is 4.57 Å². The van der Waals surface area contributed by atoms with Gasteiger partial charge in [0.15, 0.2) is 5.58 Å². The Balaban J connectivity index is 1.85. The minimum atomic E-state index is -0.468. The molecule has 108 valence electrons. The fourth-order valence-electron chi connectivity index (χ4n) is 2.77. The van der Waals surface area contributed by atoms with Crippen LogP contribution in [0.25, 0.3) is 21.9 Å². The summed E-state index contributed by atoms with van der Waals surface area (Å²) in [6.45, 7) is 0.355. The molecule has 0 amide bonds. The van der Waals surface area contributed by atoms with Crippen LogP contribution in [0.4, 0.5) is 0 Å². The molecule has 22 heavy (non-hydrogen) atoms. The van der Waals surface area contributed by atoms with Crippen LogP contribution in [0, 0.1) is 0 Å². The maximum absolute atomic E-state index is 12.0. The molecule has 4 rings (SSSR count). The zero-order valence-corrected chi connectivity index (χ0v) is 11.7. The number of fused-ring (bicyclic) bond motifs is 2. The van der Waals surface area contributed by atoms with Gasteiger partial charge in [-0.2, -0.15) is 0 Å². The van der Waals surface area contributed by atoms with E-state index in [2.05, 4.69) is 0 Å². The number of nitrogens with zero attached hydrogens (tertiary/aromatic N) is 1. The Hall–Kier alpha value is -3.01. The van der Waals surface area contributed by atoms with Gasteiger partial charge in [0.2, 0.25) is 0 Å². The molecule has 4 heteroatoms. The van der Waals surface area contributed by atoms with Crippen LogP contribution < -0.4 is 5.76 Å². The highest BCUT2D eigenvalue weighted by Crippen LogP contribution is 2.24. The van der Waals surface area contributed by atoms with Crippen molar-refractivity contribution in [2.45, 2.75) is 6.54 Å². The Morgan fingerprint density at radius 2 is 1.77 bits per heavy atom. The highest BCUT2D eigenvalue weighted by atomic mass is 16.4. The first-order chi connectivity index (χ1) is 10.7. The lowest BCUT2D eigenvalue weighted by Crippen LogP contribution is -2.14. The van der Waals surface area contributed by atoms with Crippen molar-refractivity contribution in [2.24, 2.45) is 0 Å². The molecular formula is C18H13NO3. The van der Waals surface area contributed by atoms with Gasteiger partial charge in [-0.15, -0.1) is 0 Å². The van der Waals surface area contributed by atoms with E-state index < -0.39 is 5.76 Å². The molecule has 0 aliphatic carbocycles. The zero-order valence-electron chi connectivity index (χ0n) is 11.7. The average molecular weight is 291 g/mol. The van der Waals surface area contributed by atoms with Gasteiger partial charge in [-0.1, -0.05) is 42.5 Å². The second-order valence-electron chi connectivity index (χ2n) is 5.26. The summed E-state index contributed by atoms with van der Waals surface area (Å²) in [6.07, 6.45) is 0. The number of aromatic hydroxyl groups is 1. The molecule has 1 N–H and O–H groups in total. The molecule has 1 aromatic heterocycles. The van der Waals surface area contributed by atoms with Gasteiger partial charge in [0.1, 0.15) is 11.3 Å². The van der Waals surface area contributed by atoms with Gasteiger partial charge >= 0.3 is 5.76 Å². The normalized spacial score (nSPS) is 11.3. The van der Waals surface area contributed by atoms with E-state index in [0.29, 0.717) is 17.6 Å². The second-order valence-corrected chi connectivity index (χ2v) is 5.26. The minimum Gasteiger partial charge on any atom is -0.506 e. The highest BCUT2D eigenvalue weighted by molar-refractivity contribution is 5.83. The van der Waals surface area contributed by atoms with Crippen molar-refractivity contribution in [2.75, 3.05) is 0 Å². The second kappa shape index (κ2) is 4.77. The molecule has 0 radical (unpaired) electrons. The number of rotatable bonds is 2. The molecule has 0 saturated carbocycles. The predicted molar refractivity (Wildman–Crippen MR) is 85.2 cm³/mol. The van der Waals surface area contributed by atoms with Crippen molar-refractivity contribution < 1.29 is 9.52 Å². The van der Waals surface area contributed by atoms with Crippen LogP contribution in [-0.2, 0) is 6.54 Å².